The lowest BCUT2D eigenvalue weighted by Gasteiger charge is -2.39. The first kappa shape index (κ1) is 20.8. The van der Waals surface area contributed by atoms with Gasteiger partial charge in [0.15, 0.2) is 17.3 Å². The zero-order chi connectivity index (χ0) is 21.3. The van der Waals surface area contributed by atoms with Gasteiger partial charge in [0.1, 0.15) is 0 Å². The lowest BCUT2D eigenvalue weighted by Crippen LogP contribution is -2.41. The number of rotatable bonds is 4. The number of benzene rings is 1. The zero-order valence-corrected chi connectivity index (χ0v) is 16.0. The number of hydrogen-bond acceptors (Lipinski definition) is 6. The van der Waals surface area contributed by atoms with Crippen LogP contribution in [-0.4, -0.2) is 48.6 Å². The van der Waals surface area contributed by atoms with Crippen LogP contribution in [0.2, 0.25) is 0 Å². The highest BCUT2D eigenvalue weighted by atomic mass is 35.5. The summed E-state index contributed by atoms with van der Waals surface area (Å²) in [5, 5.41) is 8.66. The van der Waals surface area contributed by atoms with Gasteiger partial charge in [0, 0.05) is 12.6 Å². The number of nitrogens with zero attached hydrogens (tertiary/aromatic N) is 2. The molecular formula is C18H16ClF3N2O5. The summed E-state index contributed by atoms with van der Waals surface area (Å²) in [6.45, 7) is 0. The first-order valence-corrected chi connectivity index (χ1v) is 8.66. The molecule has 0 aliphatic carbocycles. The Morgan fingerprint density at radius 2 is 1.97 bits per heavy atom. The van der Waals surface area contributed by atoms with Crippen molar-refractivity contribution in [3.8, 4) is 11.5 Å². The monoisotopic (exact) mass is 432 g/mol. The summed E-state index contributed by atoms with van der Waals surface area (Å²) >= 11 is 6.05. The molecule has 0 saturated heterocycles. The van der Waals surface area contributed by atoms with Crippen molar-refractivity contribution >= 4 is 23.6 Å². The predicted octanol–water partition coefficient (Wildman–Crippen LogP) is 4.45. The largest absolute Gasteiger partial charge is 0.507 e. The SMILES string of the molecule is COc1ccc(C2CC(OC(=O)O)N=C3C(Cl)=CC(C(F)(F)F)=CN32)cc1OC. The van der Waals surface area contributed by atoms with Crippen molar-refractivity contribution in [1.82, 2.24) is 4.90 Å². The number of carbonyl (C=O) groups is 1. The molecule has 2 atom stereocenters. The van der Waals surface area contributed by atoms with Crippen LogP contribution < -0.4 is 9.47 Å². The molecule has 1 aromatic rings. The molecule has 0 radical (unpaired) electrons. The number of ether oxygens (including phenoxy) is 3. The van der Waals surface area contributed by atoms with Crippen molar-refractivity contribution < 1.29 is 37.3 Å². The minimum Gasteiger partial charge on any atom is -0.493 e. The molecule has 0 spiro atoms. The van der Waals surface area contributed by atoms with Crippen LogP contribution in [0.5, 0.6) is 11.5 Å². The standard InChI is InChI=1S/C18H16ClF3N2O5/c1-27-13-4-3-9(5-14(13)28-2)12-7-15(29-17(25)26)23-16-11(19)6-10(8-24(12)16)18(20,21)22/h3-6,8,12,15H,7H2,1-2H3,(H,25,26). The molecule has 2 aliphatic heterocycles. The van der Waals surface area contributed by atoms with Gasteiger partial charge in [0.05, 0.1) is 30.9 Å². The Balaban J connectivity index is 2.09. The van der Waals surface area contributed by atoms with Gasteiger partial charge >= 0.3 is 12.3 Å². The highest BCUT2D eigenvalue weighted by Gasteiger charge is 2.41. The highest BCUT2D eigenvalue weighted by molar-refractivity contribution is 6.43. The third-order valence-corrected chi connectivity index (χ3v) is 4.68. The second-order valence-corrected chi connectivity index (χ2v) is 6.55. The van der Waals surface area contributed by atoms with E-state index >= 15 is 0 Å². The maximum absolute atomic E-state index is 13.3. The molecule has 1 aromatic carbocycles. The van der Waals surface area contributed by atoms with E-state index in [9.17, 15) is 18.0 Å². The fourth-order valence-electron chi connectivity index (χ4n) is 3.13. The van der Waals surface area contributed by atoms with E-state index in [0.29, 0.717) is 17.1 Å². The number of hydrogen-bond donors (Lipinski definition) is 1. The summed E-state index contributed by atoms with van der Waals surface area (Å²) in [5.74, 6) is 0.780. The summed E-state index contributed by atoms with van der Waals surface area (Å²) in [4.78, 5) is 16.3. The second-order valence-electron chi connectivity index (χ2n) is 6.14. The van der Waals surface area contributed by atoms with E-state index in [0.717, 1.165) is 12.3 Å². The van der Waals surface area contributed by atoms with E-state index in [-0.39, 0.29) is 17.3 Å². The summed E-state index contributed by atoms with van der Waals surface area (Å²) in [6, 6.07) is 4.09. The number of halogens is 4. The van der Waals surface area contributed by atoms with Gasteiger partial charge in [-0.2, -0.15) is 13.2 Å². The van der Waals surface area contributed by atoms with Crippen molar-refractivity contribution in [2.45, 2.75) is 24.9 Å². The molecule has 2 aliphatic rings. The van der Waals surface area contributed by atoms with Crippen LogP contribution in [-0.2, 0) is 4.74 Å². The van der Waals surface area contributed by atoms with E-state index in [1.54, 1.807) is 18.2 Å². The predicted molar refractivity (Wildman–Crippen MR) is 97.1 cm³/mol. The molecule has 0 aromatic heterocycles. The molecule has 0 bridgehead atoms. The summed E-state index contributed by atoms with van der Waals surface area (Å²) in [5.41, 5.74) is -0.414. The van der Waals surface area contributed by atoms with Crippen molar-refractivity contribution in [1.29, 1.82) is 0 Å². The Morgan fingerprint density at radius 3 is 2.55 bits per heavy atom. The minimum absolute atomic E-state index is 0.0167. The van der Waals surface area contributed by atoms with Gasteiger partial charge in [-0.3, -0.25) is 0 Å². The molecule has 156 valence electrons. The van der Waals surface area contributed by atoms with Crippen LogP contribution in [0.15, 0.2) is 46.1 Å². The molecule has 29 heavy (non-hydrogen) atoms. The van der Waals surface area contributed by atoms with Gasteiger partial charge in [0.2, 0.25) is 6.23 Å². The van der Waals surface area contributed by atoms with E-state index in [1.807, 2.05) is 0 Å². The third kappa shape index (κ3) is 4.26. The van der Waals surface area contributed by atoms with Crippen molar-refractivity contribution in [2.24, 2.45) is 4.99 Å². The Hall–Kier alpha value is -2.88. The number of fused-ring (bicyclic) bond motifs is 1. The number of aliphatic imine (C=N–C) groups is 1. The van der Waals surface area contributed by atoms with Crippen LogP contribution in [0, 0.1) is 0 Å². The van der Waals surface area contributed by atoms with E-state index in [2.05, 4.69) is 4.99 Å². The van der Waals surface area contributed by atoms with Gasteiger partial charge in [-0.05, 0) is 23.8 Å². The first-order chi connectivity index (χ1) is 13.6. The van der Waals surface area contributed by atoms with E-state index in [4.69, 9.17) is 30.9 Å². The van der Waals surface area contributed by atoms with Gasteiger partial charge in [-0.15, -0.1) is 0 Å². The third-order valence-electron chi connectivity index (χ3n) is 4.40. The molecule has 0 saturated carbocycles. The molecule has 7 nitrogen and oxygen atoms in total. The van der Waals surface area contributed by atoms with Crippen molar-refractivity contribution in [2.75, 3.05) is 14.2 Å². The molecule has 2 unspecified atom stereocenters. The molecule has 2 heterocycles. The van der Waals surface area contributed by atoms with Gasteiger partial charge in [-0.1, -0.05) is 17.7 Å². The average molecular weight is 433 g/mol. The molecule has 11 heteroatoms. The quantitative estimate of drug-likeness (QED) is 0.708. The van der Waals surface area contributed by atoms with E-state index in [1.165, 1.54) is 19.1 Å². The van der Waals surface area contributed by atoms with Gasteiger partial charge in [-0.25, -0.2) is 9.79 Å². The lowest BCUT2D eigenvalue weighted by atomic mass is 9.97. The van der Waals surface area contributed by atoms with Crippen LogP contribution in [0.4, 0.5) is 18.0 Å². The zero-order valence-electron chi connectivity index (χ0n) is 15.2. The summed E-state index contributed by atoms with van der Waals surface area (Å²) in [6.07, 6.45) is -5.71. The summed E-state index contributed by atoms with van der Waals surface area (Å²) < 4.78 is 55.1. The number of amidine groups is 1. The Labute approximate surface area is 168 Å². The Morgan fingerprint density at radius 1 is 1.28 bits per heavy atom. The van der Waals surface area contributed by atoms with Crippen LogP contribution in [0.25, 0.3) is 0 Å². The molecular weight excluding hydrogens is 417 g/mol. The maximum atomic E-state index is 13.3. The molecule has 3 rings (SSSR count). The fourth-order valence-corrected chi connectivity index (χ4v) is 3.40. The fraction of sp³-hybridized carbons (Fsp3) is 0.333. The number of carboxylic acid groups (broad SMARTS) is 1. The second kappa shape index (κ2) is 7.86. The Kier molecular flexibility index (Phi) is 5.65. The van der Waals surface area contributed by atoms with Gasteiger partial charge < -0.3 is 24.2 Å². The highest BCUT2D eigenvalue weighted by Crippen LogP contribution is 2.42. The first-order valence-electron chi connectivity index (χ1n) is 8.28. The van der Waals surface area contributed by atoms with Crippen molar-refractivity contribution in [3.63, 3.8) is 0 Å². The molecule has 1 N–H and O–H groups in total. The number of allylic oxidation sites excluding steroid dienone is 2. The summed E-state index contributed by atoms with van der Waals surface area (Å²) in [7, 11) is 2.88. The normalized spacial score (nSPS) is 21.4. The van der Waals surface area contributed by atoms with Crippen molar-refractivity contribution in [3.05, 3.63) is 46.6 Å². The van der Waals surface area contributed by atoms with Crippen LogP contribution in [0.1, 0.15) is 18.0 Å². The minimum atomic E-state index is -4.62. The smallest absolute Gasteiger partial charge is 0.493 e. The van der Waals surface area contributed by atoms with Crippen LogP contribution >= 0.6 is 11.6 Å². The Bertz CT molecular complexity index is 913. The van der Waals surface area contributed by atoms with Gasteiger partial charge in [0.25, 0.3) is 0 Å². The van der Waals surface area contributed by atoms with E-state index < -0.39 is 30.2 Å². The molecule has 0 amide bonds. The van der Waals surface area contributed by atoms with Crippen LogP contribution in [0.3, 0.4) is 0 Å². The lowest BCUT2D eigenvalue weighted by molar-refractivity contribution is -0.0894. The number of methoxy groups -OCH3 is 2. The topological polar surface area (TPSA) is 80.6 Å². The average Bonchev–Trinajstić information content (AvgIpc) is 2.66. The number of alkyl halides is 3. The maximum Gasteiger partial charge on any atom is 0.507 e. The molecule has 0 fully saturated rings.